The van der Waals surface area contributed by atoms with Crippen molar-refractivity contribution in [3.63, 3.8) is 0 Å². The number of halogens is 1. The van der Waals surface area contributed by atoms with Crippen molar-refractivity contribution in [1.29, 1.82) is 0 Å². The number of hydrogen-bond donors (Lipinski definition) is 0. The zero-order valence-electron chi connectivity index (χ0n) is 8.33. The van der Waals surface area contributed by atoms with E-state index in [0.29, 0.717) is 0 Å². The molecule has 0 aromatic heterocycles. The van der Waals surface area contributed by atoms with Crippen LogP contribution in [0.4, 0.5) is 0 Å². The molecule has 0 N–H and O–H groups in total. The Morgan fingerprint density at radius 1 is 1.21 bits per heavy atom. The second kappa shape index (κ2) is 4.18. The molecule has 14 heavy (non-hydrogen) atoms. The highest BCUT2D eigenvalue weighted by molar-refractivity contribution is 9.11. The van der Waals surface area contributed by atoms with Crippen LogP contribution in [-0.2, 0) is 0 Å². The molecule has 1 aromatic rings. The van der Waals surface area contributed by atoms with E-state index in [9.17, 15) is 0 Å². The predicted octanol–water partition coefficient (Wildman–Crippen LogP) is 3.48. The third-order valence-corrected chi connectivity index (χ3v) is 3.35. The summed E-state index contributed by atoms with van der Waals surface area (Å²) in [5.74, 6) is 0. The van der Waals surface area contributed by atoms with Gasteiger partial charge in [0.2, 0.25) is 0 Å². The Balaban J connectivity index is 2.41. The Morgan fingerprint density at radius 3 is 2.57 bits per heavy atom. The van der Waals surface area contributed by atoms with Crippen molar-refractivity contribution in [2.75, 3.05) is 13.6 Å². The highest BCUT2D eigenvalue weighted by Crippen LogP contribution is 2.32. The molecule has 2 rings (SSSR count). The van der Waals surface area contributed by atoms with E-state index in [1.54, 1.807) is 0 Å². The first-order valence-corrected chi connectivity index (χ1v) is 5.73. The van der Waals surface area contributed by atoms with Crippen molar-refractivity contribution in [2.24, 2.45) is 0 Å². The molecular weight excluding hydrogens is 238 g/mol. The van der Waals surface area contributed by atoms with Crippen LogP contribution in [0.2, 0.25) is 0 Å². The van der Waals surface area contributed by atoms with Gasteiger partial charge in [0.15, 0.2) is 0 Å². The third-order valence-electron chi connectivity index (χ3n) is 2.58. The Morgan fingerprint density at radius 2 is 1.93 bits per heavy atom. The van der Waals surface area contributed by atoms with Crippen LogP contribution in [0.1, 0.15) is 18.4 Å². The molecule has 1 aromatic carbocycles. The predicted molar refractivity (Wildman–Crippen MR) is 64.2 cm³/mol. The van der Waals surface area contributed by atoms with Crippen molar-refractivity contribution in [2.45, 2.75) is 12.8 Å². The summed E-state index contributed by atoms with van der Waals surface area (Å²) in [4.78, 5) is 2.32. The smallest absolute Gasteiger partial charge is 0.0540 e. The van der Waals surface area contributed by atoms with Gasteiger partial charge in [-0.1, -0.05) is 46.3 Å². The average molecular weight is 252 g/mol. The number of rotatable bonds is 1. The van der Waals surface area contributed by atoms with Gasteiger partial charge in [0.25, 0.3) is 0 Å². The minimum absolute atomic E-state index is 1.15. The fourth-order valence-corrected chi connectivity index (χ4v) is 2.69. The van der Waals surface area contributed by atoms with Crippen LogP contribution >= 0.6 is 15.9 Å². The van der Waals surface area contributed by atoms with E-state index in [1.807, 2.05) is 0 Å². The van der Waals surface area contributed by atoms with Crippen LogP contribution in [0.15, 0.2) is 34.8 Å². The summed E-state index contributed by atoms with van der Waals surface area (Å²) in [6, 6.07) is 10.6. The molecular formula is C12H14BrN. The molecule has 0 saturated heterocycles. The van der Waals surface area contributed by atoms with Gasteiger partial charge in [-0.25, -0.2) is 0 Å². The summed E-state index contributed by atoms with van der Waals surface area (Å²) in [5, 5.41) is 0. The van der Waals surface area contributed by atoms with Crippen LogP contribution in [0, 0.1) is 0 Å². The first-order valence-electron chi connectivity index (χ1n) is 4.94. The Bertz CT molecular complexity index is 343. The molecule has 0 fully saturated rings. The molecule has 74 valence electrons. The van der Waals surface area contributed by atoms with Gasteiger partial charge < -0.3 is 4.90 Å². The molecule has 0 unspecified atom stereocenters. The van der Waals surface area contributed by atoms with E-state index in [2.05, 4.69) is 58.2 Å². The van der Waals surface area contributed by atoms with E-state index in [1.165, 1.54) is 22.2 Å². The molecule has 1 heterocycles. The van der Waals surface area contributed by atoms with Crippen molar-refractivity contribution in [3.05, 3.63) is 40.4 Å². The highest BCUT2D eigenvalue weighted by atomic mass is 79.9. The lowest BCUT2D eigenvalue weighted by Crippen LogP contribution is -2.22. The fraction of sp³-hybridized carbons (Fsp3) is 0.333. The lowest BCUT2D eigenvalue weighted by Gasteiger charge is -2.28. The third kappa shape index (κ3) is 1.85. The topological polar surface area (TPSA) is 3.24 Å². The molecule has 0 aliphatic carbocycles. The molecule has 0 saturated carbocycles. The summed E-state index contributed by atoms with van der Waals surface area (Å²) < 4.78 is 1.33. The maximum atomic E-state index is 3.67. The van der Waals surface area contributed by atoms with Crippen LogP contribution < -0.4 is 0 Å². The molecule has 0 spiro atoms. The molecule has 0 amide bonds. The van der Waals surface area contributed by atoms with Crippen molar-refractivity contribution in [1.82, 2.24) is 4.90 Å². The monoisotopic (exact) mass is 251 g/mol. The van der Waals surface area contributed by atoms with Gasteiger partial charge in [-0.05, 0) is 18.4 Å². The van der Waals surface area contributed by atoms with E-state index >= 15 is 0 Å². The average Bonchev–Trinajstić information content (AvgIpc) is 2.19. The summed E-state index contributed by atoms with van der Waals surface area (Å²) in [6.07, 6.45) is 2.40. The van der Waals surface area contributed by atoms with Crippen LogP contribution in [0.25, 0.3) is 5.70 Å². The van der Waals surface area contributed by atoms with Gasteiger partial charge in [-0.3, -0.25) is 0 Å². The van der Waals surface area contributed by atoms with Crippen LogP contribution in [0.5, 0.6) is 0 Å². The van der Waals surface area contributed by atoms with Crippen molar-refractivity contribution in [3.8, 4) is 0 Å². The second-order valence-corrected chi connectivity index (χ2v) is 4.60. The minimum Gasteiger partial charge on any atom is -0.373 e. The van der Waals surface area contributed by atoms with Gasteiger partial charge in [0.1, 0.15) is 0 Å². The number of allylic oxidation sites excluding steroid dienone is 1. The number of benzene rings is 1. The van der Waals surface area contributed by atoms with Gasteiger partial charge >= 0.3 is 0 Å². The van der Waals surface area contributed by atoms with Crippen LogP contribution in [0.3, 0.4) is 0 Å². The van der Waals surface area contributed by atoms with E-state index in [0.717, 1.165) is 13.0 Å². The zero-order chi connectivity index (χ0) is 9.97. The summed E-state index contributed by atoms with van der Waals surface area (Å²) in [7, 11) is 2.16. The first-order chi connectivity index (χ1) is 6.79. The molecule has 1 nitrogen and oxygen atoms in total. The molecule has 2 heteroatoms. The van der Waals surface area contributed by atoms with E-state index in [-0.39, 0.29) is 0 Å². The van der Waals surface area contributed by atoms with Gasteiger partial charge in [0, 0.05) is 18.1 Å². The normalized spacial score (nSPS) is 17.4. The Hall–Kier alpha value is -0.760. The quantitative estimate of drug-likeness (QED) is 0.739. The lowest BCUT2D eigenvalue weighted by atomic mass is 10.1. The molecule has 1 aliphatic heterocycles. The SMILES string of the molecule is CN1CCCC(Br)=C1c1ccccc1. The molecule has 1 aliphatic rings. The summed E-state index contributed by atoms with van der Waals surface area (Å²) in [6.45, 7) is 1.15. The van der Waals surface area contributed by atoms with Crippen LogP contribution in [-0.4, -0.2) is 18.5 Å². The fourth-order valence-electron chi connectivity index (χ4n) is 1.88. The summed E-state index contributed by atoms with van der Waals surface area (Å²) in [5.41, 5.74) is 2.65. The summed E-state index contributed by atoms with van der Waals surface area (Å²) >= 11 is 3.67. The van der Waals surface area contributed by atoms with Crippen molar-refractivity contribution >= 4 is 21.6 Å². The second-order valence-electron chi connectivity index (χ2n) is 3.64. The number of hydrogen-bond acceptors (Lipinski definition) is 1. The molecule has 0 bridgehead atoms. The lowest BCUT2D eigenvalue weighted by molar-refractivity contribution is 0.447. The standard InChI is InChI=1S/C12H14BrN/c1-14-9-5-8-11(13)12(14)10-6-3-2-4-7-10/h2-4,6-7H,5,8-9H2,1H3. The first kappa shape index (κ1) is 9.78. The van der Waals surface area contributed by atoms with E-state index < -0.39 is 0 Å². The molecule has 0 atom stereocenters. The van der Waals surface area contributed by atoms with Crippen molar-refractivity contribution < 1.29 is 0 Å². The molecule has 0 radical (unpaired) electrons. The minimum atomic E-state index is 1.15. The van der Waals surface area contributed by atoms with Gasteiger partial charge in [0.05, 0.1) is 5.70 Å². The Labute approximate surface area is 93.6 Å². The number of nitrogens with zero attached hydrogens (tertiary/aromatic N) is 1. The largest absolute Gasteiger partial charge is 0.373 e. The Kier molecular flexibility index (Phi) is 2.92. The maximum Gasteiger partial charge on any atom is 0.0540 e. The van der Waals surface area contributed by atoms with E-state index in [4.69, 9.17) is 0 Å². The maximum absolute atomic E-state index is 3.67. The highest BCUT2D eigenvalue weighted by Gasteiger charge is 2.16. The van der Waals surface area contributed by atoms with Gasteiger partial charge in [-0.2, -0.15) is 0 Å². The van der Waals surface area contributed by atoms with Gasteiger partial charge in [-0.15, -0.1) is 0 Å². The zero-order valence-corrected chi connectivity index (χ0v) is 9.92.